The first-order valence-electron chi connectivity index (χ1n) is 8.39. The second-order valence-electron chi connectivity index (χ2n) is 6.54. The third-order valence-electron chi connectivity index (χ3n) is 4.89. The molecule has 2 aromatic carbocycles. The molecule has 0 bridgehead atoms. The minimum Gasteiger partial charge on any atom is -0.343 e. The highest BCUT2D eigenvalue weighted by molar-refractivity contribution is 7.91. The minimum atomic E-state index is -3.64. The Hall–Kier alpha value is -2.58. The van der Waals surface area contributed by atoms with Crippen LogP contribution in [-0.4, -0.2) is 13.0 Å². The molecule has 0 radical (unpaired) electrons. The monoisotopic (exact) mass is 350 g/mol. The Morgan fingerprint density at radius 2 is 1.84 bits per heavy atom. The number of nitrogens with zero attached hydrogens (tertiary/aromatic N) is 2. The molecular weight excluding hydrogens is 332 g/mol. The molecule has 1 aromatic heterocycles. The van der Waals surface area contributed by atoms with Crippen LogP contribution in [-0.2, 0) is 22.8 Å². The van der Waals surface area contributed by atoms with Crippen LogP contribution in [0.3, 0.4) is 0 Å². The van der Waals surface area contributed by atoms with E-state index in [1.807, 2.05) is 25.1 Å². The topological polar surface area (TPSA) is 62.9 Å². The van der Waals surface area contributed by atoms with E-state index in [0.717, 1.165) is 42.6 Å². The van der Waals surface area contributed by atoms with Crippen molar-refractivity contribution in [2.24, 2.45) is 0 Å². The van der Waals surface area contributed by atoms with Crippen LogP contribution in [0, 0.1) is 18.3 Å². The van der Waals surface area contributed by atoms with Gasteiger partial charge in [-0.2, -0.15) is 5.26 Å². The summed E-state index contributed by atoms with van der Waals surface area (Å²) in [4.78, 5) is 0.685. The highest BCUT2D eigenvalue weighted by Crippen LogP contribution is 2.37. The number of fused-ring (bicyclic) bond motifs is 3. The zero-order valence-electron chi connectivity index (χ0n) is 14.0. The van der Waals surface area contributed by atoms with Crippen molar-refractivity contribution in [1.29, 1.82) is 5.26 Å². The number of benzene rings is 2. The van der Waals surface area contributed by atoms with Crippen molar-refractivity contribution in [2.45, 2.75) is 42.5 Å². The van der Waals surface area contributed by atoms with Crippen LogP contribution in [0.25, 0.3) is 10.9 Å². The van der Waals surface area contributed by atoms with Crippen molar-refractivity contribution in [2.75, 3.05) is 0 Å². The lowest BCUT2D eigenvalue weighted by Gasteiger charge is -2.17. The van der Waals surface area contributed by atoms with Gasteiger partial charge in [0.15, 0.2) is 0 Å². The fraction of sp³-hybridized carbons (Fsp3) is 0.250. The number of sulfone groups is 1. The van der Waals surface area contributed by atoms with Crippen LogP contribution in [0.2, 0.25) is 0 Å². The quantitative estimate of drug-likeness (QED) is 0.702. The molecule has 0 fully saturated rings. The van der Waals surface area contributed by atoms with E-state index in [1.54, 1.807) is 24.3 Å². The van der Waals surface area contributed by atoms with Crippen molar-refractivity contribution in [3.05, 3.63) is 59.3 Å². The summed E-state index contributed by atoms with van der Waals surface area (Å²) in [7, 11) is -3.64. The summed E-state index contributed by atoms with van der Waals surface area (Å²) >= 11 is 0. The van der Waals surface area contributed by atoms with E-state index >= 15 is 0 Å². The molecule has 126 valence electrons. The second kappa shape index (κ2) is 5.75. The maximum absolute atomic E-state index is 13.4. The normalized spacial score (nSPS) is 14.2. The van der Waals surface area contributed by atoms with Gasteiger partial charge in [0, 0.05) is 23.1 Å². The average molecular weight is 350 g/mol. The van der Waals surface area contributed by atoms with Crippen LogP contribution >= 0.6 is 0 Å². The van der Waals surface area contributed by atoms with Crippen molar-refractivity contribution >= 4 is 20.7 Å². The van der Waals surface area contributed by atoms with E-state index in [4.69, 9.17) is 0 Å². The van der Waals surface area contributed by atoms with Crippen LogP contribution in [0.15, 0.2) is 52.3 Å². The van der Waals surface area contributed by atoms with E-state index in [-0.39, 0.29) is 0 Å². The largest absolute Gasteiger partial charge is 0.343 e. The summed E-state index contributed by atoms with van der Waals surface area (Å²) in [6, 6.07) is 14.4. The maximum Gasteiger partial charge on any atom is 0.208 e. The lowest BCUT2D eigenvalue weighted by Crippen LogP contribution is -2.13. The standard InChI is InChI=1S/C20H18N2O2S/c1-14-5-8-16(9-6-14)25(23,24)20-17-12-15(13-21)7-10-18(17)22-11-3-2-4-19(20)22/h5-10,12H,2-4,11H2,1H3. The molecule has 0 atom stereocenters. The SMILES string of the molecule is Cc1ccc(S(=O)(=O)c2c3n(c4ccc(C#N)cc24)CCCC3)cc1. The first kappa shape index (κ1) is 15.9. The van der Waals surface area contributed by atoms with Gasteiger partial charge in [-0.25, -0.2) is 8.42 Å². The van der Waals surface area contributed by atoms with Crippen molar-refractivity contribution in [1.82, 2.24) is 4.57 Å². The Balaban J connectivity index is 2.06. The van der Waals surface area contributed by atoms with Crippen LogP contribution in [0.1, 0.15) is 29.7 Å². The third kappa shape index (κ3) is 2.45. The summed E-state index contributed by atoms with van der Waals surface area (Å²) in [6.45, 7) is 2.76. The lowest BCUT2D eigenvalue weighted by molar-refractivity contribution is 0.533. The molecule has 0 N–H and O–H groups in total. The number of hydrogen-bond acceptors (Lipinski definition) is 3. The van der Waals surface area contributed by atoms with E-state index < -0.39 is 9.84 Å². The zero-order chi connectivity index (χ0) is 17.6. The van der Waals surface area contributed by atoms with Gasteiger partial charge in [-0.3, -0.25) is 0 Å². The zero-order valence-corrected chi connectivity index (χ0v) is 14.8. The fourth-order valence-electron chi connectivity index (χ4n) is 3.65. The molecule has 0 spiro atoms. The van der Waals surface area contributed by atoms with E-state index in [9.17, 15) is 13.7 Å². The summed E-state index contributed by atoms with van der Waals surface area (Å²) in [5.41, 5.74) is 3.28. The number of aryl methyl sites for hydroxylation is 2. The number of aromatic nitrogens is 1. The first-order valence-corrected chi connectivity index (χ1v) is 9.87. The molecule has 1 aliphatic rings. The Labute approximate surface area is 147 Å². The average Bonchev–Trinajstić information content (AvgIpc) is 2.96. The Kier molecular flexibility index (Phi) is 3.66. The number of hydrogen-bond donors (Lipinski definition) is 0. The van der Waals surface area contributed by atoms with Crippen LogP contribution in [0.4, 0.5) is 0 Å². The first-order chi connectivity index (χ1) is 12.0. The smallest absolute Gasteiger partial charge is 0.208 e. The summed E-state index contributed by atoms with van der Waals surface area (Å²) in [5.74, 6) is 0. The Morgan fingerprint density at radius 3 is 2.56 bits per heavy atom. The van der Waals surface area contributed by atoms with Gasteiger partial charge in [0.2, 0.25) is 9.84 Å². The van der Waals surface area contributed by atoms with Gasteiger partial charge in [0.1, 0.15) is 4.90 Å². The van der Waals surface area contributed by atoms with Gasteiger partial charge in [0.25, 0.3) is 0 Å². The molecule has 0 unspecified atom stereocenters. The minimum absolute atomic E-state index is 0.307. The van der Waals surface area contributed by atoms with Crippen molar-refractivity contribution in [3.63, 3.8) is 0 Å². The van der Waals surface area contributed by atoms with E-state index in [1.165, 1.54) is 0 Å². The summed E-state index contributed by atoms with van der Waals surface area (Å²) < 4.78 is 28.9. The molecule has 1 aliphatic heterocycles. The molecule has 4 rings (SSSR count). The molecular formula is C20H18N2O2S. The Morgan fingerprint density at radius 1 is 1.08 bits per heavy atom. The molecule has 2 heterocycles. The molecule has 25 heavy (non-hydrogen) atoms. The maximum atomic E-state index is 13.4. The molecule has 3 aromatic rings. The molecule has 0 saturated carbocycles. The van der Waals surface area contributed by atoms with Gasteiger partial charge in [-0.15, -0.1) is 0 Å². The van der Waals surface area contributed by atoms with Gasteiger partial charge >= 0.3 is 0 Å². The van der Waals surface area contributed by atoms with E-state index in [2.05, 4.69) is 10.6 Å². The highest BCUT2D eigenvalue weighted by atomic mass is 32.2. The molecule has 0 amide bonds. The predicted molar refractivity (Wildman–Crippen MR) is 96.2 cm³/mol. The fourth-order valence-corrected chi connectivity index (χ4v) is 5.35. The van der Waals surface area contributed by atoms with Crippen LogP contribution < -0.4 is 0 Å². The lowest BCUT2D eigenvalue weighted by atomic mass is 10.1. The number of rotatable bonds is 2. The second-order valence-corrected chi connectivity index (χ2v) is 8.43. The molecule has 0 aliphatic carbocycles. The Bertz CT molecular complexity index is 1120. The predicted octanol–water partition coefficient (Wildman–Crippen LogP) is 3.99. The van der Waals surface area contributed by atoms with Crippen molar-refractivity contribution < 1.29 is 8.42 Å². The summed E-state index contributed by atoms with van der Waals surface area (Å²) in [6.07, 6.45) is 2.77. The van der Waals surface area contributed by atoms with E-state index in [0.29, 0.717) is 20.7 Å². The van der Waals surface area contributed by atoms with Gasteiger partial charge in [-0.05, 0) is 56.5 Å². The van der Waals surface area contributed by atoms with Gasteiger partial charge in [0.05, 0.1) is 16.5 Å². The van der Waals surface area contributed by atoms with Crippen LogP contribution in [0.5, 0.6) is 0 Å². The van der Waals surface area contributed by atoms with Crippen molar-refractivity contribution in [3.8, 4) is 6.07 Å². The van der Waals surface area contributed by atoms with Gasteiger partial charge < -0.3 is 4.57 Å². The molecule has 0 saturated heterocycles. The molecule has 4 nitrogen and oxygen atoms in total. The number of nitriles is 1. The summed E-state index contributed by atoms with van der Waals surface area (Å²) in [5, 5.41) is 9.90. The molecule has 5 heteroatoms. The van der Waals surface area contributed by atoms with Gasteiger partial charge in [-0.1, -0.05) is 17.7 Å². The third-order valence-corrected chi connectivity index (χ3v) is 6.78. The highest BCUT2D eigenvalue weighted by Gasteiger charge is 2.30.